The standard InChI is InChI=1S/C29H44N6O6/c1-6-35-14-9-10-19(35)17-31-26(38)21-16-23(36)34-29(4,5)28(40)33-24(18(2)3)27(39)30-13-15-41-22-12-8-7-11-20(22)25(37)32-21/h7-8,11-12,18-19,21,24H,6,9-10,13-17H2,1-5H3,(H,30,39)(H,31,38)(H,32,37)(H,33,40)(H,34,36)/t19-,21-,24+/m0/s1. The van der Waals surface area contributed by atoms with Gasteiger partial charge in [0, 0.05) is 12.6 Å². The number of para-hydroxylation sites is 1. The molecule has 2 aliphatic heterocycles. The first-order chi connectivity index (χ1) is 19.4. The molecule has 1 aromatic rings. The summed E-state index contributed by atoms with van der Waals surface area (Å²) in [5.74, 6) is -2.60. The van der Waals surface area contributed by atoms with Crippen molar-refractivity contribution in [2.24, 2.45) is 5.92 Å². The molecule has 0 bridgehead atoms. The Morgan fingerprint density at radius 2 is 1.88 bits per heavy atom. The summed E-state index contributed by atoms with van der Waals surface area (Å²) >= 11 is 0. The number of hydrogen-bond acceptors (Lipinski definition) is 7. The highest BCUT2D eigenvalue weighted by molar-refractivity contribution is 6.01. The Balaban J connectivity index is 1.86. The molecule has 0 spiro atoms. The summed E-state index contributed by atoms with van der Waals surface area (Å²) in [6, 6.07) is 4.69. The zero-order chi connectivity index (χ0) is 30.2. The summed E-state index contributed by atoms with van der Waals surface area (Å²) in [4.78, 5) is 68.1. The maximum absolute atomic E-state index is 13.3. The van der Waals surface area contributed by atoms with Crippen LogP contribution in [0.3, 0.4) is 0 Å². The van der Waals surface area contributed by atoms with Crippen molar-refractivity contribution in [3.05, 3.63) is 29.8 Å². The lowest BCUT2D eigenvalue weighted by Gasteiger charge is -2.30. The normalized spacial score (nSPS) is 24.7. The molecule has 226 valence electrons. The second-order valence-corrected chi connectivity index (χ2v) is 11.4. The molecule has 1 saturated heterocycles. The Labute approximate surface area is 241 Å². The number of fused-ring (bicyclic) bond motifs is 1. The minimum Gasteiger partial charge on any atom is -0.491 e. The summed E-state index contributed by atoms with van der Waals surface area (Å²) in [6.45, 7) is 11.1. The molecule has 0 aliphatic carbocycles. The van der Waals surface area contributed by atoms with Gasteiger partial charge < -0.3 is 31.3 Å². The topological polar surface area (TPSA) is 158 Å². The Bertz CT molecular complexity index is 1120. The molecule has 1 fully saturated rings. The van der Waals surface area contributed by atoms with Crippen molar-refractivity contribution in [2.75, 3.05) is 32.8 Å². The van der Waals surface area contributed by atoms with E-state index in [0.29, 0.717) is 6.54 Å². The maximum Gasteiger partial charge on any atom is 0.255 e. The average Bonchev–Trinajstić information content (AvgIpc) is 3.38. The molecule has 0 saturated carbocycles. The van der Waals surface area contributed by atoms with E-state index in [1.165, 1.54) is 13.8 Å². The molecule has 12 nitrogen and oxygen atoms in total. The summed E-state index contributed by atoms with van der Waals surface area (Å²) in [5, 5.41) is 13.7. The predicted octanol–water partition coefficient (Wildman–Crippen LogP) is 0.320. The summed E-state index contributed by atoms with van der Waals surface area (Å²) in [6.07, 6.45) is 1.60. The molecule has 5 amide bonds. The highest BCUT2D eigenvalue weighted by atomic mass is 16.5. The molecule has 41 heavy (non-hydrogen) atoms. The number of amides is 5. The van der Waals surface area contributed by atoms with E-state index in [2.05, 4.69) is 38.4 Å². The van der Waals surface area contributed by atoms with Gasteiger partial charge in [-0.05, 0) is 57.8 Å². The maximum atomic E-state index is 13.3. The number of nitrogens with zero attached hydrogens (tertiary/aromatic N) is 1. The Kier molecular flexibility index (Phi) is 11.1. The second-order valence-electron chi connectivity index (χ2n) is 11.4. The minimum atomic E-state index is -1.40. The fraction of sp³-hybridized carbons (Fsp3) is 0.621. The molecule has 12 heteroatoms. The van der Waals surface area contributed by atoms with Gasteiger partial charge in [0.1, 0.15) is 30.0 Å². The first-order valence-corrected chi connectivity index (χ1v) is 14.4. The van der Waals surface area contributed by atoms with E-state index in [1.54, 1.807) is 38.1 Å². The minimum absolute atomic E-state index is 0.0690. The van der Waals surface area contributed by atoms with Crippen molar-refractivity contribution in [3.8, 4) is 5.75 Å². The van der Waals surface area contributed by atoms with Gasteiger partial charge in [-0.2, -0.15) is 0 Å². The van der Waals surface area contributed by atoms with Gasteiger partial charge in [0.15, 0.2) is 0 Å². The number of rotatable bonds is 5. The molecule has 5 N–H and O–H groups in total. The van der Waals surface area contributed by atoms with E-state index < -0.39 is 53.6 Å². The van der Waals surface area contributed by atoms with Crippen LogP contribution in [0.5, 0.6) is 5.75 Å². The smallest absolute Gasteiger partial charge is 0.255 e. The van der Waals surface area contributed by atoms with Crippen molar-refractivity contribution in [1.82, 2.24) is 31.5 Å². The van der Waals surface area contributed by atoms with E-state index in [1.807, 2.05) is 0 Å². The number of carbonyl (C=O) groups is 5. The zero-order valence-electron chi connectivity index (χ0n) is 24.7. The Hall–Kier alpha value is -3.67. The third-order valence-electron chi connectivity index (χ3n) is 7.47. The molecular weight excluding hydrogens is 528 g/mol. The van der Waals surface area contributed by atoms with Crippen LogP contribution in [-0.2, 0) is 19.2 Å². The lowest BCUT2D eigenvalue weighted by atomic mass is 9.99. The lowest BCUT2D eigenvalue weighted by Crippen LogP contribution is -2.61. The second kappa shape index (κ2) is 14.3. The van der Waals surface area contributed by atoms with Gasteiger partial charge in [0.05, 0.1) is 18.5 Å². The monoisotopic (exact) mass is 572 g/mol. The largest absolute Gasteiger partial charge is 0.491 e. The van der Waals surface area contributed by atoms with Gasteiger partial charge in [0.2, 0.25) is 23.6 Å². The molecule has 3 rings (SSSR count). The molecule has 0 unspecified atom stereocenters. The van der Waals surface area contributed by atoms with Crippen LogP contribution in [0, 0.1) is 5.92 Å². The van der Waals surface area contributed by atoms with E-state index in [9.17, 15) is 24.0 Å². The third-order valence-corrected chi connectivity index (χ3v) is 7.47. The van der Waals surface area contributed by atoms with Crippen LogP contribution in [0.25, 0.3) is 0 Å². The number of carbonyl (C=O) groups excluding carboxylic acids is 5. The van der Waals surface area contributed by atoms with E-state index >= 15 is 0 Å². The molecular formula is C29H44N6O6. The number of hydrogen-bond donors (Lipinski definition) is 5. The summed E-state index contributed by atoms with van der Waals surface area (Å²) in [5.41, 5.74) is -1.21. The van der Waals surface area contributed by atoms with Crippen molar-refractivity contribution < 1.29 is 28.7 Å². The van der Waals surface area contributed by atoms with Gasteiger partial charge in [-0.25, -0.2) is 0 Å². The van der Waals surface area contributed by atoms with Crippen LogP contribution in [0.2, 0.25) is 0 Å². The van der Waals surface area contributed by atoms with Gasteiger partial charge in [0.25, 0.3) is 5.91 Å². The first kappa shape index (κ1) is 31.9. The zero-order valence-corrected chi connectivity index (χ0v) is 24.7. The first-order valence-electron chi connectivity index (χ1n) is 14.4. The van der Waals surface area contributed by atoms with Gasteiger partial charge in [-0.1, -0.05) is 32.9 Å². The van der Waals surface area contributed by atoms with Crippen LogP contribution in [0.15, 0.2) is 24.3 Å². The number of benzene rings is 1. The van der Waals surface area contributed by atoms with Crippen LogP contribution in [0.4, 0.5) is 0 Å². The average molecular weight is 573 g/mol. The van der Waals surface area contributed by atoms with Crippen molar-refractivity contribution in [2.45, 2.75) is 77.5 Å². The highest BCUT2D eigenvalue weighted by Crippen LogP contribution is 2.19. The number of nitrogens with one attached hydrogen (secondary N) is 5. The molecule has 0 aromatic heterocycles. The molecule has 2 heterocycles. The molecule has 2 aliphatic rings. The summed E-state index contributed by atoms with van der Waals surface area (Å²) in [7, 11) is 0. The lowest BCUT2D eigenvalue weighted by molar-refractivity contribution is -0.136. The third kappa shape index (κ3) is 8.66. The van der Waals surface area contributed by atoms with Gasteiger partial charge >= 0.3 is 0 Å². The van der Waals surface area contributed by atoms with Crippen molar-refractivity contribution in [1.29, 1.82) is 0 Å². The Morgan fingerprint density at radius 1 is 1.15 bits per heavy atom. The van der Waals surface area contributed by atoms with Crippen LogP contribution < -0.4 is 31.3 Å². The van der Waals surface area contributed by atoms with Gasteiger partial charge in [-0.3, -0.25) is 28.9 Å². The van der Waals surface area contributed by atoms with Crippen LogP contribution in [-0.4, -0.2) is 90.9 Å². The fourth-order valence-electron chi connectivity index (χ4n) is 5.05. The number of likely N-dealkylation sites (N-methyl/N-ethyl adjacent to an activating group) is 1. The van der Waals surface area contributed by atoms with Crippen LogP contribution in [0.1, 0.15) is 64.2 Å². The number of ether oxygens (including phenoxy) is 1. The molecule has 1 aromatic carbocycles. The number of likely N-dealkylation sites (tertiary alicyclic amines) is 1. The SMILES string of the molecule is CCN1CCC[C@H]1CNC(=O)[C@@H]1CC(=O)NC(C)(C)C(=O)N[C@H](C(C)C)C(=O)NCCOc2ccccc2C(=O)N1. The van der Waals surface area contributed by atoms with Crippen LogP contribution >= 0.6 is 0 Å². The van der Waals surface area contributed by atoms with E-state index in [-0.39, 0.29) is 36.4 Å². The van der Waals surface area contributed by atoms with Gasteiger partial charge in [-0.15, -0.1) is 0 Å². The predicted molar refractivity (Wildman–Crippen MR) is 153 cm³/mol. The van der Waals surface area contributed by atoms with E-state index in [4.69, 9.17) is 4.74 Å². The van der Waals surface area contributed by atoms with Crippen molar-refractivity contribution in [3.63, 3.8) is 0 Å². The quantitative estimate of drug-likeness (QED) is 0.340. The molecule has 0 radical (unpaired) electrons. The van der Waals surface area contributed by atoms with Crippen molar-refractivity contribution >= 4 is 29.5 Å². The fourth-order valence-corrected chi connectivity index (χ4v) is 5.05. The Morgan fingerprint density at radius 3 is 2.59 bits per heavy atom. The highest BCUT2D eigenvalue weighted by Gasteiger charge is 2.36. The summed E-state index contributed by atoms with van der Waals surface area (Å²) < 4.78 is 5.79. The van der Waals surface area contributed by atoms with E-state index in [0.717, 1.165) is 25.9 Å². The molecule has 3 atom stereocenters.